The Labute approximate surface area is 131 Å². The van der Waals surface area contributed by atoms with Crippen molar-refractivity contribution in [2.45, 2.75) is 0 Å². The summed E-state index contributed by atoms with van der Waals surface area (Å²) in [6.45, 7) is 0. The zero-order chi connectivity index (χ0) is 15.5. The van der Waals surface area contributed by atoms with E-state index in [2.05, 4.69) is 5.32 Å². The van der Waals surface area contributed by atoms with Crippen LogP contribution in [0.15, 0.2) is 60.7 Å². The summed E-state index contributed by atoms with van der Waals surface area (Å²) in [7, 11) is 0. The Morgan fingerprint density at radius 2 is 1.73 bits per heavy atom. The van der Waals surface area contributed by atoms with Crippen LogP contribution in [0.3, 0.4) is 0 Å². The van der Waals surface area contributed by atoms with Gasteiger partial charge in [-0.2, -0.15) is 0 Å². The molecule has 1 aromatic heterocycles. The van der Waals surface area contributed by atoms with Gasteiger partial charge < -0.3 is 11.1 Å². The standard InChI is InChI=1S/C17H13FN2OS/c18-12-8-6-11(7-9-12)16(21)17-14(19)10-15(22-17)20-13-4-2-1-3-5-13/h1-10,20H,19H2. The molecule has 0 amide bonds. The molecule has 0 spiro atoms. The largest absolute Gasteiger partial charge is 0.397 e. The summed E-state index contributed by atoms with van der Waals surface area (Å²) >= 11 is 1.28. The highest BCUT2D eigenvalue weighted by Gasteiger charge is 2.16. The Balaban J connectivity index is 1.86. The van der Waals surface area contributed by atoms with Crippen molar-refractivity contribution in [2.75, 3.05) is 11.1 Å². The summed E-state index contributed by atoms with van der Waals surface area (Å²) in [4.78, 5) is 12.9. The molecule has 0 fully saturated rings. The number of hydrogen-bond donors (Lipinski definition) is 2. The quantitative estimate of drug-likeness (QED) is 0.700. The normalized spacial score (nSPS) is 10.4. The molecule has 2 aromatic carbocycles. The van der Waals surface area contributed by atoms with Gasteiger partial charge in [-0.3, -0.25) is 4.79 Å². The third-order valence-electron chi connectivity index (χ3n) is 3.11. The van der Waals surface area contributed by atoms with Crippen molar-refractivity contribution in [2.24, 2.45) is 0 Å². The van der Waals surface area contributed by atoms with E-state index in [0.717, 1.165) is 10.7 Å². The van der Waals surface area contributed by atoms with Crippen LogP contribution in [0.1, 0.15) is 15.2 Å². The van der Waals surface area contributed by atoms with Crippen molar-refractivity contribution in [3.8, 4) is 0 Å². The van der Waals surface area contributed by atoms with Crippen molar-refractivity contribution in [3.63, 3.8) is 0 Å². The predicted molar refractivity (Wildman–Crippen MR) is 88.3 cm³/mol. The van der Waals surface area contributed by atoms with E-state index in [1.165, 1.54) is 35.6 Å². The summed E-state index contributed by atoms with van der Waals surface area (Å²) in [6.07, 6.45) is 0. The summed E-state index contributed by atoms with van der Waals surface area (Å²) < 4.78 is 12.9. The lowest BCUT2D eigenvalue weighted by Gasteiger charge is -2.01. The van der Waals surface area contributed by atoms with Crippen molar-refractivity contribution in [3.05, 3.63) is 76.9 Å². The Hall–Kier alpha value is -2.66. The van der Waals surface area contributed by atoms with Gasteiger partial charge in [0.1, 0.15) is 10.7 Å². The highest BCUT2D eigenvalue weighted by Crippen LogP contribution is 2.33. The molecule has 0 unspecified atom stereocenters. The molecule has 0 aliphatic rings. The second kappa shape index (κ2) is 5.99. The molecule has 0 saturated heterocycles. The lowest BCUT2D eigenvalue weighted by molar-refractivity contribution is 0.104. The number of nitrogen functional groups attached to an aromatic ring is 1. The van der Waals surface area contributed by atoms with Crippen LogP contribution in [0.5, 0.6) is 0 Å². The molecule has 1 heterocycles. The summed E-state index contributed by atoms with van der Waals surface area (Å²) in [5, 5.41) is 3.99. The molecule has 110 valence electrons. The van der Waals surface area contributed by atoms with E-state index < -0.39 is 0 Å². The molecule has 0 radical (unpaired) electrons. The second-order valence-electron chi connectivity index (χ2n) is 4.72. The monoisotopic (exact) mass is 312 g/mol. The van der Waals surface area contributed by atoms with Gasteiger partial charge in [0.15, 0.2) is 0 Å². The topological polar surface area (TPSA) is 55.1 Å². The first-order chi connectivity index (χ1) is 10.6. The maximum Gasteiger partial charge on any atom is 0.205 e. The number of para-hydroxylation sites is 1. The molecular formula is C17H13FN2OS. The van der Waals surface area contributed by atoms with Gasteiger partial charge in [0.25, 0.3) is 0 Å². The fraction of sp³-hybridized carbons (Fsp3) is 0. The van der Waals surface area contributed by atoms with Crippen LogP contribution in [0.2, 0.25) is 0 Å². The maximum absolute atomic E-state index is 12.9. The molecule has 0 atom stereocenters. The Morgan fingerprint density at radius 3 is 2.41 bits per heavy atom. The molecule has 0 aliphatic carbocycles. The lowest BCUT2D eigenvalue weighted by atomic mass is 10.1. The molecule has 0 bridgehead atoms. The number of carbonyl (C=O) groups is 1. The van der Waals surface area contributed by atoms with Gasteiger partial charge >= 0.3 is 0 Å². The Bertz CT molecular complexity index is 797. The van der Waals surface area contributed by atoms with Gasteiger partial charge in [-0.05, 0) is 42.5 Å². The fourth-order valence-electron chi connectivity index (χ4n) is 2.04. The number of anilines is 3. The Morgan fingerprint density at radius 1 is 1.05 bits per heavy atom. The van der Waals surface area contributed by atoms with Gasteiger partial charge in [-0.1, -0.05) is 18.2 Å². The molecule has 5 heteroatoms. The van der Waals surface area contributed by atoms with Crippen molar-refractivity contribution in [1.29, 1.82) is 0 Å². The molecule has 3 aromatic rings. The number of carbonyl (C=O) groups excluding carboxylic acids is 1. The van der Waals surface area contributed by atoms with Crippen LogP contribution in [0.4, 0.5) is 20.8 Å². The van der Waals surface area contributed by atoms with E-state index in [9.17, 15) is 9.18 Å². The number of ketones is 1. The van der Waals surface area contributed by atoms with E-state index in [1.807, 2.05) is 30.3 Å². The first-order valence-electron chi connectivity index (χ1n) is 6.65. The van der Waals surface area contributed by atoms with Crippen LogP contribution in [-0.2, 0) is 0 Å². The summed E-state index contributed by atoms with van der Waals surface area (Å²) in [5.41, 5.74) is 7.69. The molecule has 22 heavy (non-hydrogen) atoms. The minimum absolute atomic E-state index is 0.205. The van der Waals surface area contributed by atoms with Crippen molar-refractivity contribution in [1.82, 2.24) is 0 Å². The van der Waals surface area contributed by atoms with E-state index in [1.54, 1.807) is 6.07 Å². The second-order valence-corrected chi connectivity index (χ2v) is 5.77. The van der Waals surface area contributed by atoms with Crippen LogP contribution in [0, 0.1) is 5.82 Å². The number of hydrogen-bond acceptors (Lipinski definition) is 4. The fourth-order valence-corrected chi connectivity index (χ4v) is 3.00. The zero-order valence-electron chi connectivity index (χ0n) is 11.5. The van der Waals surface area contributed by atoms with Gasteiger partial charge in [0.05, 0.1) is 10.7 Å². The predicted octanol–water partition coefficient (Wildman–Crippen LogP) is 4.44. The van der Waals surface area contributed by atoms with Crippen LogP contribution in [0.25, 0.3) is 0 Å². The average molecular weight is 312 g/mol. The third kappa shape index (κ3) is 2.99. The van der Waals surface area contributed by atoms with E-state index >= 15 is 0 Å². The summed E-state index contributed by atoms with van der Waals surface area (Å²) in [5.74, 6) is -0.578. The van der Waals surface area contributed by atoms with E-state index in [4.69, 9.17) is 5.73 Å². The van der Waals surface area contributed by atoms with Crippen molar-refractivity contribution >= 4 is 33.5 Å². The zero-order valence-corrected chi connectivity index (χ0v) is 12.4. The number of nitrogens with two attached hydrogens (primary N) is 1. The van der Waals surface area contributed by atoms with E-state index in [0.29, 0.717) is 16.1 Å². The molecule has 3 nitrogen and oxygen atoms in total. The van der Waals surface area contributed by atoms with E-state index in [-0.39, 0.29) is 11.6 Å². The Kier molecular flexibility index (Phi) is 3.89. The molecular weight excluding hydrogens is 299 g/mol. The third-order valence-corrected chi connectivity index (χ3v) is 4.18. The number of thiophene rings is 1. The first-order valence-corrected chi connectivity index (χ1v) is 7.47. The highest BCUT2D eigenvalue weighted by molar-refractivity contribution is 7.18. The minimum Gasteiger partial charge on any atom is -0.397 e. The molecule has 3 rings (SSSR count). The van der Waals surface area contributed by atoms with Gasteiger partial charge in [-0.25, -0.2) is 4.39 Å². The van der Waals surface area contributed by atoms with Gasteiger partial charge in [0, 0.05) is 11.3 Å². The lowest BCUT2D eigenvalue weighted by Crippen LogP contribution is -2.01. The highest BCUT2D eigenvalue weighted by atomic mass is 32.1. The maximum atomic E-state index is 12.9. The number of nitrogens with one attached hydrogen (secondary N) is 1. The smallest absolute Gasteiger partial charge is 0.205 e. The van der Waals surface area contributed by atoms with Gasteiger partial charge in [-0.15, -0.1) is 11.3 Å². The molecule has 3 N–H and O–H groups in total. The van der Waals surface area contributed by atoms with Gasteiger partial charge in [0.2, 0.25) is 5.78 Å². The number of halogens is 1. The number of rotatable bonds is 4. The first kappa shape index (κ1) is 14.3. The average Bonchev–Trinajstić information content (AvgIpc) is 2.89. The minimum atomic E-state index is -0.373. The molecule has 0 aliphatic heterocycles. The van der Waals surface area contributed by atoms with Crippen molar-refractivity contribution < 1.29 is 9.18 Å². The van der Waals surface area contributed by atoms with Crippen LogP contribution >= 0.6 is 11.3 Å². The van der Waals surface area contributed by atoms with Crippen LogP contribution < -0.4 is 11.1 Å². The number of benzene rings is 2. The SMILES string of the molecule is Nc1cc(Nc2ccccc2)sc1C(=O)c1ccc(F)cc1. The van der Waals surface area contributed by atoms with Crippen LogP contribution in [-0.4, -0.2) is 5.78 Å². The summed E-state index contributed by atoms with van der Waals surface area (Å²) in [6, 6.07) is 16.8. The molecule has 0 saturated carbocycles.